The zero-order valence-corrected chi connectivity index (χ0v) is 20.3. The molecular weight excluding hydrogens is 453 g/mol. The van der Waals surface area contributed by atoms with Gasteiger partial charge in [-0.15, -0.1) is 0 Å². The minimum Gasteiger partial charge on any atom is -0.337 e. The number of Topliss-reactive ketones (excluding diaryl/α,β-unsaturated/α-hetero) is 1. The number of halogens is 4. The van der Waals surface area contributed by atoms with Crippen LogP contribution in [0.25, 0.3) is 0 Å². The lowest BCUT2D eigenvalue weighted by Crippen LogP contribution is -2.54. The van der Waals surface area contributed by atoms with Crippen molar-refractivity contribution in [3.63, 3.8) is 0 Å². The Balaban J connectivity index is 1.58. The molecule has 1 aromatic carbocycles. The lowest BCUT2D eigenvalue weighted by Gasteiger charge is -2.41. The minimum atomic E-state index is -4.23. The fraction of sp³-hybridized carbons (Fsp3) is 0.680. The summed E-state index contributed by atoms with van der Waals surface area (Å²) in [4.78, 5) is 29.4. The third-order valence-corrected chi connectivity index (χ3v) is 7.20. The monoisotopic (exact) mass is 486 g/mol. The van der Waals surface area contributed by atoms with Gasteiger partial charge < -0.3 is 4.90 Å². The van der Waals surface area contributed by atoms with Crippen molar-refractivity contribution >= 4 is 23.3 Å². The maximum atomic E-state index is 12.8. The van der Waals surface area contributed by atoms with Crippen LogP contribution in [0.1, 0.15) is 68.6 Å². The Hall–Kier alpha value is -1.60. The molecule has 1 saturated heterocycles. The Bertz CT molecular complexity index is 853. The van der Waals surface area contributed by atoms with Gasteiger partial charge in [0.1, 0.15) is 5.78 Å². The predicted octanol–water partition coefficient (Wildman–Crippen LogP) is 5.72. The van der Waals surface area contributed by atoms with Crippen molar-refractivity contribution in [2.75, 3.05) is 19.6 Å². The lowest BCUT2D eigenvalue weighted by molar-refractivity contribution is -0.140. The van der Waals surface area contributed by atoms with Crippen molar-refractivity contribution in [1.29, 1.82) is 0 Å². The predicted molar refractivity (Wildman–Crippen MR) is 123 cm³/mol. The number of nitrogens with zero attached hydrogens (tertiary/aromatic N) is 2. The maximum absolute atomic E-state index is 12.8. The Morgan fingerprint density at radius 3 is 2.42 bits per heavy atom. The summed E-state index contributed by atoms with van der Waals surface area (Å²) in [5.41, 5.74) is 2.75. The first-order valence-electron chi connectivity index (χ1n) is 11.9. The van der Waals surface area contributed by atoms with Gasteiger partial charge in [-0.3, -0.25) is 14.5 Å². The number of carbonyl (C=O) groups excluding carboxylic acids is 2. The molecule has 0 N–H and O–H groups in total. The second-order valence-electron chi connectivity index (χ2n) is 9.63. The summed E-state index contributed by atoms with van der Waals surface area (Å²) in [5, 5.41) is 0.525. The van der Waals surface area contributed by atoms with E-state index < -0.39 is 12.6 Å². The summed E-state index contributed by atoms with van der Waals surface area (Å²) in [6.45, 7) is 6.96. The minimum absolute atomic E-state index is 0.0880. The molecule has 0 spiro atoms. The van der Waals surface area contributed by atoms with Gasteiger partial charge in [-0.25, -0.2) is 0 Å². The quantitative estimate of drug-likeness (QED) is 0.472. The summed E-state index contributed by atoms with van der Waals surface area (Å²) in [6, 6.07) is 3.78. The SMILES string of the molecule is Cc1c(CC(=O)CCCC(F)(F)F)cc(Cl)cc1CN1CCN(C(=O)C2CCCC2)[C@@H](C)C1. The molecule has 184 valence electrons. The Morgan fingerprint density at radius 1 is 1.12 bits per heavy atom. The van der Waals surface area contributed by atoms with E-state index in [-0.39, 0.29) is 37.0 Å². The Labute approximate surface area is 199 Å². The van der Waals surface area contributed by atoms with Crippen LogP contribution < -0.4 is 0 Å². The van der Waals surface area contributed by atoms with Crippen LogP contribution in [0.4, 0.5) is 13.2 Å². The van der Waals surface area contributed by atoms with E-state index in [0.717, 1.165) is 55.5 Å². The zero-order chi connectivity index (χ0) is 24.2. The molecule has 1 aromatic rings. The summed E-state index contributed by atoms with van der Waals surface area (Å²) in [7, 11) is 0. The summed E-state index contributed by atoms with van der Waals surface area (Å²) in [6.07, 6.45) is -1.05. The first-order valence-corrected chi connectivity index (χ1v) is 12.3. The van der Waals surface area contributed by atoms with E-state index in [1.807, 2.05) is 17.9 Å². The summed E-state index contributed by atoms with van der Waals surface area (Å²) in [5.74, 6) is 0.276. The molecule has 0 unspecified atom stereocenters. The Morgan fingerprint density at radius 2 is 1.79 bits per heavy atom. The maximum Gasteiger partial charge on any atom is 0.389 e. The molecule has 1 saturated carbocycles. The molecule has 1 atom stereocenters. The molecule has 4 nitrogen and oxygen atoms in total. The largest absolute Gasteiger partial charge is 0.389 e. The number of carbonyl (C=O) groups is 2. The first kappa shape index (κ1) is 26.0. The molecule has 1 heterocycles. The van der Waals surface area contributed by atoms with Crippen LogP contribution in [-0.2, 0) is 22.6 Å². The van der Waals surface area contributed by atoms with Crippen LogP contribution in [0.15, 0.2) is 12.1 Å². The Kier molecular flexibility index (Phi) is 8.84. The van der Waals surface area contributed by atoms with E-state index in [2.05, 4.69) is 11.8 Å². The molecule has 1 aliphatic heterocycles. The van der Waals surface area contributed by atoms with Crippen LogP contribution in [0.2, 0.25) is 5.02 Å². The van der Waals surface area contributed by atoms with Crippen LogP contribution in [0.5, 0.6) is 0 Å². The molecule has 3 rings (SSSR count). The van der Waals surface area contributed by atoms with Gasteiger partial charge in [-0.05, 0) is 61.9 Å². The highest BCUT2D eigenvalue weighted by Crippen LogP contribution is 2.29. The summed E-state index contributed by atoms with van der Waals surface area (Å²) < 4.78 is 37.0. The molecule has 1 aliphatic carbocycles. The van der Waals surface area contributed by atoms with Gasteiger partial charge in [-0.1, -0.05) is 24.4 Å². The van der Waals surface area contributed by atoms with Gasteiger partial charge in [0.05, 0.1) is 0 Å². The van der Waals surface area contributed by atoms with Crippen molar-refractivity contribution in [3.8, 4) is 0 Å². The highest BCUT2D eigenvalue weighted by atomic mass is 35.5. The highest BCUT2D eigenvalue weighted by molar-refractivity contribution is 6.30. The van der Waals surface area contributed by atoms with E-state index in [1.54, 1.807) is 6.07 Å². The van der Waals surface area contributed by atoms with Gasteiger partial charge in [0.2, 0.25) is 5.91 Å². The zero-order valence-electron chi connectivity index (χ0n) is 19.5. The fourth-order valence-corrected chi connectivity index (χ4v) is 5.35. The molecule has 1 amide bonds. The van der Waals surface area contributed by atoms with E-state index >= 15 is 0 Å². The number of benzene rings is 1. The molecule has 0 bridgehead atoms. The first-order chi connectivity index (χ1) is 15.5. The molecule has 2 fully saturated rings. The number of piperazine rings is 1. The average Bonchev–Trinajstić information content (AvgIpc) is 3.25. The van der Waals surface area contributed by atoms with Gasteiger partial charge in [0, 0.05) is 62.4 Å². The number of rotatable bonds is 8. The lowest BCUT2D eigenvalue weighted by atomic mass is 9.96. The van der Waals surface area contributed by atoms with Gasteiger partial charge in [0.15, 0.2) is 0 Å². The van der Waals surface area contributed by atoms with Crippen molar-refractivity contribution < 1.29 is 22.8 Å². The summed E-state index contributed by atoms with van der Waals surface area (Å²) >= 11 is 6.32. The van der Waals surface area contributed by atoms with Gasteiger partial charge in [-0.2, -0.15) is 13.2 Å². The second-order valence-corrected chi connectivity index (χ2v) is 10.1. The van der Waals surface area contributed by atoms with E-state index in [1.165, 1.54) is 0 Å². The van der Waals surface area contributed by atoms with Crippen molar-refractivity contribution in [3.05, 3.63) is 33.8 Å². The third-order valence-electron chi connectivity index (χ3n) is 6.98. The number of amides is 1. The smallest absolute Gasteiger partial charge is 0.337 e. The molecule has 8 heteroatoms. The van der Waals surface area contributed by atoms with Gasteiger partial charge in [0.25, 0.3) is 0 Å². The average molecular weight is 487 g/mol. The molecular formula is C25H34ClF3N2O2. The van der Waals surface area contributed by atoms with Crippen LogP contribution >= 0.6 is 11.6 Å². The van der Waals surface area contributed by atoms with Crippen molar-refractivity contribution in [1.82, 2.24) is 9.80 Å². The standard InChI is InChI=1S/C25H34ClF3N2O2/c1-17-15-30(10-11-31(17)24(33)19-6-3-4-7-19)16-21-13-22(26)12-20(18(21)2)14-23(32)8-5-9-25(27,28)29/h12-13,17,19H,3-11,14-16H2,1-2H3/t17-/m0/s1. The number of hydrogen-bond acceptors (Lipinski definition) is 3. The third kappa shape index (κ3) is 7.44. The molecule has 33 heavy (non-hydrogen) atoms. The number of ketones is 1. The molecule has 2 aliphatic rings. The molecule has 0 radical (unpaired) electrons. The normalized spacial score (nSPS) is 20.4. The highest BCUT2D eigenvalue weighted by Gasteiger charge is 2.33. The molecule has 0 aromatic heterocycles. The van der Waals surface area contributed by atoms with Crippen LogP contribution in [-0.4, -0.2) is 53.3 Å². The van der Waals surface area contributed by atoms with Gasteiger partial charge >= 0.3 is 6.18 Å². The number of hydrogen-bond donors (Lipinski definition) is 0. The van der Waals surface area contributed by atoms with Crippen LogP contribution in [0.3, 0.4) is 0 Å². The topological polar surface area (TPSA) is 40.6 Å². The van der Waals surface area contributed by atoms with Crippen molar-refractivity contribution in [2.45, 2.75) is 84.0 Å². The van der Waals surface area contributed by atoms with E-state index in [9.17, 15) is 22.8 Å². The van der Waals surface area contributed by atoms with Crippen molar-refractivity contribution in [2.24, 2.45) is 5.92 Å². The second kappa shape index (κ2) is 11.2. The van der Waals surface area contributed by atoms with E-state index in [0.29, 0.717) is 24.0 Å². The number of alkyl halides is 3. The van der Waals surface area contributed by atoms with E-state index in [4.69, 9.17) is 11.6 Å². The fourth-order valence-electron chi connectivity index (χ4n) is 5.08. The van der Waals surface area contributed by atoms with Crippen LogP contribution in [0, 0.1) is 12.8 Å².